The summed E-state index contributed by atoms with van der Waals surface area (Å²) in [4.78, 5) is 33.1. The quantitative estimate of drug-likeness (QED) is 0.336. The van der Waals surface area contributed by atoms with Gasteiger partial charge in [-0.1, -0.05) is 0 Å². The normalized spacial score (nSPS) is 10.2. The number of carboxylic acid groups (broad SMARTS) is 1. The van der Waals surface area contributed by atoms with Crippen LogP contribution in [0.5, 0.6) is 0 Å². The van der Waals surface area contributed by atoms with E-state index in [2.05, 4.69) is 35.8 Å². The number of rotatable bonds is 6. The van der Waals surface area contributed by atoms with Crippen molar-refractivity contribution in [1.82, 2.24) is 25.1 Å². The highest BCUT2D eigenvalue weighted by Crippen LogP contribution is 2.28. The van der Waals surface area contributed by atoms with Crippen LogP contribution in [-0.4, -0.2) is 49.7 Å². The van der Waals surface area contributed by atoms with Gasteiger partial charge in [0.15, 0.2) is 0 Å². The van der Waals surface area contributed by atoms with E-state index in [0.717, 1.165) is 23.0 Å². The van der Waals surface area contributed by atoms with Gasteiger partial charge in [0.25, 0.3) is 18.8 Å². The van der Waals surface area contributed by atoms with E-state index in [4.69, 9.17) is 9.90 Å². The van der Waals surface area contributed by atoms with Crippen LogP contribution in [0.25, 0.3) is 22.4 Å². The molecular formula is C24H21F2N7O3. The predicted molar refractivity (Wildman–Crippen MR) is 129 cm³/mol. The molecule has 10 nitrogen and oxygen atoms in total. The third kappa shape index (κ3) is 6.38. The molecule has 4 rings (SSSR count). The summed E-state index contributed by atoms with van der Waals surface area (Å²) in [5.74, 6) is 0.173. The number of carbonyl (C=O) groups is 2. The fourth-order valence-electron chi connectivity index (χ4n) is 3.18. The molecule has 0 saturated carbocycles. The highest BCUT2D eigenvalue weighted by molar-refractivity contribution is 6.04. The summed E-state index contributed by atoms with van der Waals surface area (Å²) < 4.78 is 25.8. The molecule has 184 valence electrons. The number of halogens is 2. The Hall–Kier alpha value is -4.87. The van der Waals surface area contributed by atoms with E-state index >= 15 is 0 Å². The Bertz CT molecular complexity index is 1370. The fourth-order valence-corrected chi connectivity index (χ4v) is 3.18. The molecule has 0 aliphatic carbocycles. The van der Waals surface area contributed by atoms with Crippen molar-refractivity contribution >= 4 is 23.9 Å². The van der Waals surface area contributed by atoms with Gasteiger partial charge in [0, 0.05) is 41.8 Å². The zero-order chi connectivity index (χ0) is 26.1. The van der Waals surface area contributed by atoms with Crippen molar-refractivity contribution in [3.8, 4) is 22.4 Å². The van der Waals surface area contributed by atoms with Crippen LogP contribution in [0.3, 0.4) is 0 Å². The van der Waals surface area contributed by atoms with E-state index in [1.807, 2.05) is 25.1 Å². The summed E-state index contributed by atoms with van der Waals surface area (Å²) in [6.45, 7) is 1.57. The van der Waals surface area contributed by atoms with Gasteiger partial charge in [-0.05, 0) is 48.9 Å². The Labute approximate surface area is 204 Å². The number of nitrogens with one attached hydrogen (secondary N) is 2. The number of amides is 1. The number of anilines is 2. The Morgan fingerprint density at radius 1 is 1.03 bits per heavy atom. The topological polar surface area (TPSA) is 143 Å². The van der Waals surface area contributed by atoms with Crippen LogP contribution in [0, 0.1) is 6.92 Å². The van der Waals surface area contributed by atoms with Crippen molar-refractivity contribution < 1.29 is 23.5 Å². The molecule has 4 heterocycles. The van der Waals surface area contributed by atoms with Crippen molar-refractivity contribution in [2.75, 3.05) is 17.7 Å². The van der Waals surface area contributed by atoms with Gasteiger partial charge < -0.3 is 15.7 Å². The molecule has 3 N–H and O–H groups in total. The maximum atomic E-state index is 12.9. The molecule has 0 aromatic carbocycles. The Balaban J connectivity index is 0.00000115. The standard InChI is InChI=1S/C23H19F2N7O.CH2O2/c1-13-18(19-8-16(11-30-32-19)14-3-6-28-21(9-14)26-2)10-17(12-29-13)31-23(33)15-4-5-27-20(7-15)22(24)25;2-1-3/h3-12,22H,1-2H3,(H,26,28)(H,31,33);1H,(H,2,3). The van der Waals surface area contributed by atoms with Gasteiger partial charge in [0.2, 0.25) is 0 Å². The molecule has 4 aromatic heterocycles. The van der Waals surface area contributed by atoms with Crippen LogP contribution in [0.15, 0.2) is 61.2 Å². The summed E-state index contributed by atoms with van der Waals surface area (Å²) in [5.41, 5.74) is 3.68. The number of aryl methyl sites for hydroxylation is 1. The second-order valence-corrected chi connectivity index (χ2v) is 7.20. The predicted octanol–water partition coefficient (Wildman–Crippen LogP) is 4.24. The maximum absolute atomic E-state index is 12.9. The number of hydrogen-bond donors (Lipinski definition) is 3. The van der Waals surface area contributed by atoms with Gasteiger partial charge in [-0.3, -0.25) is 19.6 Å². The Morgan fingerprint density at radius 3 is 2.50 bits per heavy atom. The van der Waals surface area contributed by atoms with Crippen molar-refractivity contribution in [2.24, 2.45) is 0 Å². The van der Waals surface area contributed by atoms with Crippen molar-refractivity contribution in [3.63, 3.8) is 0 Å². The molecule has 1 amide bonds. The lowest BCUT2D eigenvalue weighted by Crippen LogP contribution is -2.13. The third-order valence-corrected chi connectivity index (χ3v) is 4.89. The van der Waals surface area contributed by atoms with Gasteiger partial charge >= 0.3 is 0 Å². The highest BCUT2D eigenvalue weighted by atomic mass is 19.3. The number of nitrogens with zero attached hydrogens (tertiary/aromatic N) is 5. The number of hydrogen-bond acceptors (Lipinski definition) is 8. The van der Waals surface area contributed by atoms with Gasteiger partial charge in [0.1, 0.15) is 11.5 Å². The van der Waals surface area contributed by atoms with Crippen LogP contribution >= 0.6 is 0 Å². The van der Waals surface area contributed by atoms with Crippen LogP contribution < -0.4 is 10.6 Å². The smallest absolute Gasteiger partial charge is 0.290 e. The Kier molecular flexibility index (Phi) is 8.59. The molecule has 0 unspecified atom stereocenters. The van der Waals surface area contributed by atoms with E-state index in [0.29, 0.717) is 22.6 Å². The van der Waals surface area contributed by atoms with E-state index in [1.54, 1.807) is 25.5 Å². The lowest BCUT2D eigenvalue weighted by atomic mass is 10.0. The second-order valence-electron chi connectivity index (χ2n) is 7.20. The highest BCUT2D eigenvalue weighted by Gasteiger charge is 2.15. The molecule has 0 atom stereocenters. The number of alkyl halides is 2. The van der Waals surface area contributed by atoms with Crippen molar-refractivity contribution in [2.45, 2.75) is 13.3 Å². The van der Waals surface area contributed by atoms with Gasteiger partial charge in [0.05, 0.1) is 23.8 Å². The lowest BCUT2D eigenvalue weighted by molar-refractivity contribution is -0.122. The van der Waals surface area contributed by atoms with Crippen LogP contribution in [0.1, 0.15) is 28.2 Å². The van der Waals surface area contributed by atoms with E-state index in [-0.39, 0.29) is 12.0 Å². The second kappa shape index (κ2) is 12.0. The number of pyridine rings is 3. The number of aromatic nitrogens is 5. The van der Waals surface area contributed by atoms with Crippen LogP contribution in [-0.2, 0) is 4.79 Å². The van der Waals surface area contributed by atoms with Gasteiger partial charge in [-0.25, -0.2) is 13.8 Å². The van der Waals surface area contributed by atoms with Crippen LogP contribution in [0.2, 0.25) is 0 Å². The minimum atomic E-state index is -2.76. The monoisotopic (exact) mass is 493 g/mol. The lowest BCUT2D eigenvalue weighted by Gasteiger charge is -2.11. The molecule has 0 aliphatic rings. The first-order chi connectivity index (χ1) is 17.4. The molecule has 36 heavy (non-hydrogen) atoms. The minimum Gasteiger partial charge on any atom is -0.483 e. The maximum Gasteiger partial charge on any atom is 0.290 e. The molecule has 0 radical (unpaired) electrons. The average Bonchev–Trinajstić information content (AvgIpc) is 2.90. The van der Waals surface area contributed by atoms with Gasteiger partial charge in [-0.2, -0.15) is 10.2 Å². The minimum absolute atomic E-state index is 0.0715. The molecular weight excluding hydrogens is 472 g/mol. The third-order valence-electron chi connectivity index (χ3n) is 4.89. The molecule has 0 aliphatic heterocycles. The van der Waals surface area contributed by atoms with E-state index < -0.39 is 18.0 Å². The zero-order valence-corrected chi connectivity index (χ0v) is 19.2. The number of carbonyl (C=O) groups excluding carboxylic acids is 1. The fraction of sp³-hybridized carbons (Fsp3) is 0.125. The first-order valence-corrected chi connectivity index (χ1v) is 10.4. The van der Waals surface area contributed by atoms with Gasteiger partial charge in [-0.15, -0.1) is 0 Å². The largest absolute Gasteiger partial charge is 0.483 e. The summed E-state index contributed by atoms with van der Waals surface area (Å²) in [5, 5.41) is 20.9. The molecule has 0 spiro atoms. The van der Waals surface area contributed by atoms with E-state index in [1.165, 1.54) is 18.5 Å². The van der Waals surface area contributed by atoms with E-state index in [9.17, 15) is 13.6 Å². The average molecular weight is 493 g/mol. The van der Waals surface area contributed by atoms with Crippen molar-refractivity contribution in [3.05, 3.63) is 78.1 Å². The van der Waals surface area contributed by atoms with Crippen molar-refractivity contribution in [1.29, 1.82) is 0 Å². The SMILES string of the molecule is CNc1cc(-c2cnnc(-c3cc(NC(=O)c4ccnc(C(F)F)c4)cnc3C)c2)ccn1.O=CO. The Morgan fingerprint density at radius 2 is 1.78 bits per heavy atom. The first kappa shape index (κ1) is 25.7. The molecule has 4 aromatic rings. The first-order valence-electron chi connectivity index (χ1n) is 10.4. The molecule has 0 fully saturated rings. The summed E-state index contributed by atoms with van der Waals surface area (Å²) in [7, 11) is 1.79. The van der Waals surface area contributed by atoms with Crippen LogP contribution in [0.4, 0.5) is 20.3 Å². The molecule has 0 saturated heterocycles. The molecule has 0 bridgehead atoms. The summed E-state index contributed by atoms with van der Waals surface area (Å²) in [6.07, 6.45) is 3.25. The summed E-state index contributed by atoms with van der Waals surface area (Å²) in [6, 6.07) is 9.78. The summed E-state index contributed by atoms with van der Waals surface area (Å²) >= 11 is 0. The zero-order valence-electron chi connectivity index (χ0n) is 19.2. The molecule has 12 heteroatoms.